The Bertz CT molecular complexity index is 223. The fourth-order valence-electron chi connectivity index (χ4n) is 2.74. The van der Waals surface area contributed by atoms with E-state index in [1.807, 2.05) is 0 Å². The van der Waals surface area contributed by atoms with E-state index in [4.69, 9.17) is 8.23 Å². The molecule has 17 heavy (non-hydrogen) atoms. The summed E-state index contributed by atoms with van der Waals surface area (Å²) in [6.45, 7) is 22.6. The van der Waals surface area contributed by atoms with Crippen LogP contribution in [0.2, 0.25) is 51.9 Å². The zero-order valence-electron chi connectivity index (χ0n) is 13.5. The smallest absolute Gasteiger partial charge is 0.311 e. The van der Waals surface area contributed by atoms with Crippen LogP contribution in [0.1, 0.15) is 20.8 Å². The van der Waals surface area contributed by atoms with Gasteiger partial charge >= 0.3 is 8.56 Å². The first-order chi connectivity index (χ1) is 7.12. The second kappa shape index (κ2) is 5.29. The van der Waals surface area contributed by atoms with Gasteiger partial charge in [-0.1, -0.05) is 20.8 Å². The van der Waals surface area contributed by atoms with Crippen LogP contribution in [0, 0.1) is 5.41 Å². The molecule has 0 amide bonds. The fraction of sp³-hybridized carbons (Fsp3) is 1.00. The van der Waals surface area contributed by atoms with E-state index in [2.05, 4.69) is 66.6 Å². The van der Waals surface area contributed by atoms with Crippen LogP contribution in [0.5, 0.6) is 0 Å². The summed E-state index contributed by atoms with van der Waals surface area (Å²) in [5, 5.41) is 0. The molecule has 0 aromatic rings. The average Bonchev–Trinajstić information content (AvgIpc) is 1.65. The monoisotopic (exact) mass is 292 g/mol. The van der Waals surface area contributed by atoms with Crippen molar-refractivity contribution in [2.45, 2.75) is 72.6 Å². The van der Waals surface area contributed by atoms with Crippen LogP contribution in [0.15, 0.2) is 0 Å². The molecule has 0 aliphatic carbocycles. The highest BCUT2D eigenvalue weighted by atomic mass is 28.5. The summed E-state index contributed by atoms with van der Waals surface area (Å²) in [5.41, 5.74) is 0.347. The Morgan fingerprint density at radius 1 is 0.765 bits per heavy atom. The topological polar surface area (TPSA) is 18.5 Å². The largest absolute Gasteiger partial charge is 0.437 e. The van der Waals surface area contributed by atoms with Crippen molar-refractivity contribution in [3.05, 3.63) is 0 Å². The minimum absolute atomic E-state index is 0.347. The van der Waals surface area contributed by atoms with Gasteiger partial charge in [-0.3, -0.25) is 0 Å². The zero-order valence-corrected chi connectivity index (χ0v) is 16.5. The molecule has 0 spiro atoms. The van der Waals surface area contributed by atoms with E-state index in [0.717, 1.165) is 0 Å². The van der Waals surface area contributed by atoms with Gasteiger partial charge in [-0.05, 0) is 57.3 Å². The van der Waals surface area contributed by atoms with Crippen molar-refractivity contribution < 1.29 is 8.23 Å². The van der Waals surface area contributed by atoms with Crippen molar-refractivity contribution >= 4 is 25.2 Å². The van der Waals surface area contributed by atoms with Crippen LogP contribution < -0.4 is 0 Å². The standard InChI is InChI=1S/C12H32O2Si3/c1-12(2,3)11-16(7,8)14-17(9,10)13-15(4,5)6/h11H2,1-10H3. The van der Waals surface area contributed by atoms with Crippen molar-refractivity contribution in [2.24, 2.45) is 5.41 Å². The molecule has 104 valence electrons. The normalized spacial score (nSPS) is 15.2. The maximum atomic E-state index is 6.47. The van der Waals surface area contributed by atoms with Gasteiger partial charge in [0.05, 0.1) is 0 Å². The first kappa shape index (κ1) is 17.6. The SMILES string of the molecule is CC(C)(C)C[Si](C)(C)O[Si](C)(C)O[Si](C)(C)C. The number of rotatable bonds is 5. The third-order valence-corrected chi connectivity index (χ3v) is 12.5. The Kier molecular flexibility index (Phi) is 5.46. The van der Waals surface area contributed by atoms with Crippen LogP contribution in [-0.4, -0.2) is 25.2 Å². The van der Waals surface area contributed by atoms with E-state index in [9.17, 15) is 0 Å². The molecule has 0 N–H and O–H groups in total. The number of hydrogen-bond donors (Lipinski definition) is 0. The molecule has 0 aromatic carbocycles. The minimum atomic E-state index is -1.95. The average molecular weight is 293 g/mol. The predicted molar refractivity (Wildman–Crippen MR) is 84.7 cm³/mol. The summed E-state index contributed by atoms with van der Waals surface area (Å²) in [6.07, 6.45) is 0. The molecule has 0 saturated carbocycles. The quantitative estimate of drug-likeness (QED) is 0.677. The second-order valence-corrected chi connectivity index (χ2v) is 20.7. The van der Waals surface area contributed by atoms with Crippen LogP contribution in [0.4, 0.5) is 0 Å². The Balaban J connectivity index is 4.59. The number of hydrogen-bond acceptors (Lipinski definition) is 2. The summed E-state index contributed by atoms with van der Waals surface area (Å²) in [4.78, 5) is 0. The Hall–Kier alpha value is 0.571. The first-order valence-electron chi connectivity index (χ1n) is 6.52. The molecule has 5 heteroatoms. The van der Waals surface area contributed by atoms with E-state index < -0.39 is 25.2 Å². The molecule has 0 fully saturated rings. The third kappa shape index (κ3) is 10.2. The lowest BCUT2D eigenvalue weighted by Gasteiger charge is -2.39. The molecule has 0 rings (SSSR count). The molecular weight excluding hydrogens is 260 g/mol. The lowest BCUT2D eigenvalue weighted by atomic mass is 10.0. The predicted octanol–water partition coefficient (Wildman–Crippen LogP) is 4.81. The summed E-state index contributed by atoms with van der Waals surface area (Å²) >= 11 is 0. The van der Waals surface area contributed by atoms with Gasteiger partial charge in [0.2, 0.25) is 0 Å². The molecule has 0 radical (unpaired) electrons. The van der Waals surface area contributed by atoms with Crippen molar-refractivity contribution in [1.29, 1.82) is 0 Å². The van der Waals surface area contributed by atoms with Crippen molar-refractivity contribution in [2.75, 3.05) is 0 Å². The van der Waals surface area contributed by atoms with E-state index in [-0.39, 0.29) is 0 Å². The van der Waals surface area contributed by atoms with E-state index >= 15 is 0 Å². The minimum Gasteiger partial charge on any atom is -0.437 e. The molecule has 0 heterocycles. The van der Waals surface area contributed by atoms with Gasteiger partial charge in [0.25, 0.3) is 0 Å². The highest BCUT2D eigenvalue weighted by Crippen LogP contribution is 2.31. The molecule has 0 bridgehead atoms. The van der Waals surface area contributed by atoms with Gasteiger partial charge in [0.1, 0.15) is 0 Å². The lowest BCUT2D eigenvalue weighted by molar-refractivity contribution is 0.370. The molecular formula is C12H32O2Si3. The Morgan fingerprint density at radius 3 is 1.47 bits per heavy atom. The molecule has 0 saturated heterocycles. The Labute approximate surface area is 112 Å². The van der Waals surface area contributed by atoms with Crippen LogP contribution in [-0.2, 0) is 8.23 Å². The zero-order chi connectivity index (χ0) is 14.1. The lowest BCUT2D eigenvalue weighted by Crippen LogP contribution is -2.52. The molecule has 0 aromatic heterocycles. The molecule has 0 aliphatic heterocycles. The highest BCUT2D eigenvalue weighted by Gasteiger charge is 2.39. The van der Waals surface area contributed by atoms with Gasteiger partial charge < -0.3 is 8.23 Å². The molecule has 2 nitrogen and oxygen atoms in total. The third-order valence-electron chi connectivity index (χ3n) is 2.03. The summed E-state index contributed by atoms with van der Waals surface area (Å²) in [5.74, 6) is 0. The van der Waals surface area contributed by atoms with Crippen molar-refractivity contribution in [3.8, 4) is 0 Å². The van der Waals surface area contributed by atoms with E-state index in [1.165, 1.54) is 6.04 Å². The summed E-state index contributed by atoms with van der Waals surface area (Å²) in [6, 6.07) is 1.19. The first-order valence-corrected chi connectivity index (χ1v) is 15.9. The Morgan fingerprint density at radius 2 is 1.18 bits per heavy atom. The molecule has 0 aliphatic rings. The maximum absolute atomic E-state index is 6.47. The fourth-order valence-corrected chi connectivity index (χ4v) is 17.3. The van der Waals surface area contributed by atoms with Gasteiger partial charge in [-0.2, -0.15) is 0 Å². The summed E-state index contributed by atoms with van der Waals surface area (Å²) in [7, 11) is -5.06. The maximum Gasteiger partial charge on any atom is 0.311 e. The summed E-state index contributed by atoms with van der Waals surface area (Å²) < 4.78 is 12.7. The van der Waals surface area contributed by atoms with Gasteiger partial charge in [-0.25, -0.2) is 0 Å². The van der Waals surface area contributed by atoms with Crippen molar-refractivity contribution in [3.63, 3.8) is 0 Å². The van der Waals surface area contributed by atoms with Crippen LogP contribution in [0.25, 0.3) is 0 Å². The second-order valence-electron chi connectivity index (χ2n) is 8.21. The van der Waals surface area contributed by atoms with Crippen LogP contribution >= 0.6 is 0 Å². The molecule has 0 unspecified atom stereocenters. The van der Waals surface area contributed by atoms with E-state index in [1.54, 1.807) is 0 Å². The van der Waals surface area contributed by atoms with Crippen LogP contribution in [0.3, 0.4) is 0 Å². The van der Waals surface area contributed by atoms with Gasteiger partial charge in [0, 0.05) is 0 Å². The van der Waals surface area contributed by atoms with E-state index in [0.29, 0.717) is 5.41 Å². The van der Waals surface area contributed by atoms with Gasteiger partial charge in [0.15, 0.2) is 16.6 Å². The highest BCUT2D eigenvalue weighted by molar-refractivity contribution is 6.87. The van der Waals surface area contributed by atoms with Gasteiger partial charge in [-0.15, -0.1) is 0 Å². The molecule has 0 atom stereocenters. The van der Waals surface area contributed by atoms with Crippen molar-refractivity contribution in [1.82, 2.24) is 0 Å².